The number of rotatable bonds is 44. The fourth-order valence-corrected chi connectivity index (χ4v) is 7.28. The van der Waals surface area contributed by atoms with Gasteiger partial charge in [0.1, 0.15) is 6.10 Å². The molecule has 0 aliphatic carbocycles. The van der Waals surface area contributed by atoms with E-state index >= 15 is 0 Å². The second kappa shape index (κ2) is 48.1. The zero-order valence-corrected chi connectivity index (χ0v) is 39.8. The molecule has 350 valence electrons. The molecule has 61 heavy (non-hydrogen) atoms. The molecule has 3 atom stereocenters. The van der Waals surface area contributed by atoms with Crippen LogP contribution in [0.15, 0.2) is 85.1 Å². The van der Waals surface area contributed by atoms with Gasteiger partial charge in [-0.3, -0.25) is 9.59 Å². The van der Waals surface area contributed by atoms with E-state index in [0.29, 0.717) is 19.3 Å². The van der Waals surface area contributed by atoms with E-state index in [1.165, 1.54) is 89.9 Å². The van der Waals surface area contributed by atoms with E-state index in [2.05, 4.69) is 74.7 Å². The fraction of sp³-hybridized carbons (Fsp3) is 0.709. The quantitative estimate of drug-likeness (QED) is 0.0246. The molecule has 0 spiro atoms. The van der Waals surface area contributed by atoms with Crippen LogP contribution in [0.2, 0.25) is 0 Å². The molecule has 0 rings (SSSR count). The van der Waals surface area contributed by atoms with Crippen molar-refractivity contribution in [3.8, 4) is 0 Å². The number of ether oxygens (including phenoxy) is 1. The highest BCUT2D eigenvalue weighted by Crippen LogP contribution is 2.17. The molecule has 1 amide bonds. The zero-order valence-electron chi connectivity index (χ0n) is 39.8. The molecule has 0 fully saturated rings. The lowest BCUT2D eigenvalue weighted by atomic mass is 10.0. The molecular weight excluding hydrogens is 755 g/mol. The molecule has 0 bridgehead atoms. The third-order valence-corrected chi connectivity index (χ3v) is 11.1. The molecule has 0 aromatic heterocycles. The van der Waals surface area contributed by atoms with E-state index < -0.39 is 18.2 Å². The van der Waals surface area contributed by atoms with Gasteiger partial charge < -0.3 is 20.3 Å². The topological polar surface area (TPSA) is 95.9 Å². The van der Waals surface area contributed by atoms with E-state index in [4.69, 9.17) is 4.74 Å². The fourth-order valence-electron chi connectivity index (χ4n) is 7.28. The molecule has 3 unspecified atom stereocenters. The van der Waals surface area contributed by atoms with E-state index in [9.17, 15) is 19.8 Å². The number of esters is 1. The summed E-state index contributed by atoms with van der Waals surface area (Å²) in [7, 11) is 0. The lowest BCUT2D eigenvalue weighted by Gasteiger charge is -2.24. The average Bonchev–Trinajstić information content (AvgIpc) is 3.25. The maximum Gasteiger partial charge on any atom is 0.306 e. The van der Waals surface area contributed by atoms with Gasteiger partial charge in [0.2, 0.25) is 5.91 Å². The van der Waals surface area contributed by atoms with Gasteiger partial charge in [-0.05, 0) is 70.6 Å². The van der Waals surface area contributed by atoms with Crippen molar-refractivity contribution in [2.75, 3.05) is 6.61 Å². The van der Waals surface area contributed by atoms with Crippen LogP contribution in [-0.2, 0) is 14.3 Å². The van der Waals surface area contributed by atoms with Crippen molar-refractivity contribution < 1.29 is 24.5 Å². The Kier molecular flexibility index (Phi) is 45.7. The second-order valence-electron chi connectivity index (χ2n) is 16.9. The minimum atomic E-state index is -0.813. The number of nitrogens with one attached hydrogen (secondary N) is 1. The Hall–Kier alpha value is -2.96. The molecule has 0 saturated carbocycles. The van der Waals surface area contributed by atoms with Gasteiger partial charge in [0.15, 0.2) is 0 Å². The van der Waals surface area contributed by atoms with Gasteiger partial charge in [-0.15, -0.1) is 0 Å². The smallest absolute Gasteiger partial charge is 0.306 e. The van der Waals surface area contributed by atoms with Gasteiger partial charge in [0, 0.05) is 6.42 Å². The first-order valence-electron chi connectivity index (χ1n) is 25.4. The van der Waals surface area contributed by atoms with Crippen LogP contribution in [0.25, 0.3) is 0 Å². The summed E-state index contributed by atoms with van der Waals surface area (Å²) < 4.78 is 5.87. The molecule has 6 heteroatoms. The number of aliphatic hydroxyl groups is 2. The van der Waals surface area contributed by atoms with Crippen LogP contribution in [0.3, 0.4) is 0 Å². The highest BCUT2D eigenvalue weighted by molar-refractivity contribution is 5.77. The summed E-state index contributed by atoms with van der Waals surface area (Å²) in [5.74, 6) is -0.573. The van der Waals surface area contributed by atoms with Gasteiger partial charge in [-0.25, -0.2) is 0 Å². The number of hydrogen-bond acceptors (Lipinski definition) is 5. The van der Waals surface area contributed by atoms with Crippen LogP contribution in [-0.4, -0.2) is 46.9 Å². The van der Waals surface area contributed by atoms with Crippen molar-refractivity contribution in [2.45, 2.75) is 244 Å². The van der Waals surface area contributed by atoms with Crippen LogP contribution >= 0.6 is 0 Å². The molecule has 0 radical (unpaired) electrons. The van der Waals surface area contributed by atoms with Crippen molar-refractivity contribution in [3.63, 3.8) is 0 Å². The number of allylic oxidation sites excluding steroid dienone is 14. The Morgan fingerprint density at radius 3 is 1.56 bits per heavy atom. The van der Waals surface area contributed by atoms with E-state index in [-0.39, 0.29) is 24.9 Å². The Balaban J connectivity index is 4.59. The minimum absolute atomic E-state index is 0.0186. The largest absolute Gasteiger partial charge is 0.462 e. The molecule has 0 aliphatic rings. The number of carbonyl (C=O) groups is 2. The summed E-state index contributed by atoms with van der Waals surface area (Å²) in [6, 6.07) is -0.731. The summed E-state index contributed by atoms with van der Waals surface area (Å²) in [5, 5.41) is 23.7. The first kappa shape index (κ1) is 58.0. The Bertz CT molecular complexity index is 1180. The van der Waals surface area contributed by atoms with Crippen LogP contribution in [0, 0.1) is 0 Å². The molecule has 0 aliphatic heterocycles. The standard InChI is InChI=1S/C55H95NO5/c1-4-7-10-13-16-19-22-24-26-27-28-29-32-35-38-41-44-47-53(58)52(50-57)56-54(59)49-51(46-43-40-37-34-31-21-18-15-12-9-6-3)61-55(60)48-45-42-39-36-33-30-25-23-20-17-14-11-8-5-2/h8-9,11-12,15,17-18,20-21,25,30-31,34,37,51-53,57-58H,4-7,10,13-14,16,19,22-24,26-29,32-33,35-36,38-50H2,1-3H3,(H,56,59)/b11-8+,12-9+,18-15+,20-17+,30-25+,31-21-,37-34-. The maximum atomic E-state index is 13.2. The van der Waals surface area contributed by atoms with Gasteiger partial charge in [-0.1, -0.05) is 228 Å². The van der Waals surface area contributed by atoms with Crippen LogP contribution in [0.4, 0.5) is 0 Å². The van der Waals surface area contributed by atoms with Crippen molar-refractivity contribution in [1.82, 2.24) is 5.32 Å². The van der Waals surface area contributed by atoms with Gasteiger partial charge in [-0.2, -0.15) is 0 Å². The first-order valence-corrected chi connectivity index (χ1v) is 25.4. The third-order valence-electron chi connectivity index (χ3n) is 11.1. The number of carbonyl (C=O) groups excluding carboxylic acids is 2. The number of amides is 1. The summed E-state index contributed by atoms with van der Waals surface area (Å²) >= 11 is 0. The minimum Gasteiger partial charge on any atom is -0.462 e. The van der Waals surface area contributed by atoms with E-state index in [0.717, 1.165) is 89.9 Å². The third kappa shape index (κ3) is 43.5. The number of aliphatic hydroxyl groups excluding tert-OH is 2. The molecule has 0 aromatic rings. The zero-order chi connectivity index (χ0) is 44.5. The monoisotopic (exact) mass is 850 g/mol. The van der Waals surface area contributed by atoms with E-state index in [1.807, 2.05) is 36.5 Å². The Morgan fingerprint density at radius 2 is 0.984 bits per heavy atom. The SMILES string of the molecule is CC/C=C/C=C/C=C\C=C/CCCC(CC(=O)NC(CO)C(O)CCCCCCCCCCCCCCCCCCC)OC(=O)CCCCCC/C=C/C/C=C/C/C=C/CC. The van der Waals surface area contributed by atoms with Gasteiger partial charge in [0.25, 0.3) is 0 Å². The van der Waals surface area contributed by atoms with Crippen molar-refractivity contribution in [2.24, 2.45) is 0 Å². The highest BCUT2D eigenvalue weighted by atomic mass is 16.5. The lowest BCUT2D eigenvalue weighted by Crippen LogP contribution is -2.46. The Morgan fingerprint density at radius 1 is 0.508 bits per heavy atom. The number of unbranched alkanes of at least 4 members (excludes halogenated alkanes) is 21. The Labute approximate surface area is 376 Å². The normalized spacial score (nSPS) is 14.0. The predicted octanol–water partition coefficient (Wildman–Crippen LogP) is 15.2. The summed E-state index contributed by atoms with van der Waals surface area (Å²) in [5.41, 5.74) is 0. The molecule has 0 aromatic carbocycles. The molecular formula is C55H95NO5. The second-order valence-corrected chi connectivity index (χ2v) is 16.9. The molecule has 0 heterocycles. The van der Waals surface area contributed by atoms with Crippen molar-refractivity contribution >= 4 is 11.9 Å². The van der Waals surface area contributed by atoms with Crippen LogP contribution in [0.1, 0.15) is 226 Å². The predicted molar refractivity (Wildman–Crippen MR) is 264 cm³/mol. The first-order chi connectivity index (χ1) is 30.0. The highest BCUT2D eigenvalue weighted by Gasteiger charge is 2.24. The van der Waals surface area contributed by atoms with Crippen LogP contribution < -0.4 is 5.32 Å². The van der Waals surface area contributed by atoms with E-state index in [1.54, 1.807) is 0 Å². The maximum absolute atomic E-state index is 13.2. The molecule has 6 nitrogen and oxygen atoms in total. The van der Waals surface area contributed by atoms with Gasteiger partial charge in [0.05, 0.1) is 25.2 Å². The number of hydrogen-bond donors (Lipinski definition) is 3. The van der Waals surface area contributed by atoms with Gasteiger partial charge >= 0.3 is 5.97 Å². The average molecular weight is 850 g/mol. The lowest BCUT2D eigenvalue weighted by molar-refractivity contribution is -0.151. The van der Waals surface area contributed by atoms with Crippen LogP contribution in [0.5, 0.6) is 0 Å². The van der Waals surface area contributed by atoms with Crippen molar-refractivity contribution in [3.05, 3.63) is 85.1 Å². The summed E-state index contributed by atoms with van der Waals surface area (Å²) in [6.45, 7) is 6.20. The molecule has 0 saturated heterocycles. The summed E-state index contributed by atoms with van der Waals surface area (Å²) in [4.78, 5) is 26.1. The summed E-state index contributed by atoms with van der Waals surface area (Å²) in [6.07, 6.45) is 62.3. The van der Waals surface area contributed by atoms with Crippen molar-refractivity contribution in [1.29, 1.82) is 0 Å². The molecule has 3 N–H and O–H groups in total.